The van der Waals surface area contributed by atoms with Crippen molar-refractivity contribution in [3.63, 3.8) is 0 Å². The lowest BCUT2D eigenvalue weighted by Crippen LogP contribution is -2.08. The standard InChI is InChI=1S/C27H24O4/c28-26(24-14-12-20-8-2-4-10-22(20)18-24)30-16-6-1-7-17-31-27(29)25-15-13-21-9-3-5-11-23(21)19-25/h2-5,8-15,18-19H,1,6-7,16-17H2. The summed E-state index contributed by atoms with van der Waals surface area (Å²) in [7, 11) is 0. The number of carbonyl (C=O) groups is 2. The van der Waals surface area contributed by atoms with Crippen LogP contribution in [0.25, 0.3) is 21.5 Å². The molecule has 0 aliphatic carbocycles. The number of fused-ring (bicyclic) bond motifs is 2. The van der Waals surface area contributed by atoms with Crippen molar-refractivity contribution in [2.45, 2.75) is 19.3 Å². The Morgan fingerprint density at radius 2 is 0.935 bits per heavy atom. The summed E-state index contributed by atoms with van der Waals surface area (Å²) in [5.74, 6) is -0.623. The first-order chi connectivity index (χ1) is 15.2. The molecule has 31 heavy (non-hydrogen) atoms. The van der Waals surface area contributed by atoms with Crippen LogP contribution in [-0.4, -0.2) is 25.2 Å². The van der Waals surface area contributed by atoms with Crippen LogP contribution in [0.1, 0.15) is 40.0 Å². The molecule has 0 spiro atoms. The van der Waals surface area contributed by atoms with Crippen molar-refractivity contribution in [3.8, 4) is 0 Å². The summed E-state index contributed by atoms with van der Waals surface area (Å²) in [5.41, 5.74) is 1.12. The van der Waals surface area contributed by atoms with Crippen LogP contribution in [0.4, 0.5) is 0 Å². The van der Waals surface area contributed by atoms with E-state index in [1.807, 2.05) is 72.8 Å². The normalized spacial score (nSPS) is 10.8. The molecule has 4 rings (SSSR count). The molecule has 0 saturated heterocycles. The highest BCUT2D eigenvalue weighted by atomic mass is 16.5. The second-order valence-electron chi connectivity index (χ2n) is 7.46. The fourth-order valence-electron chi connectivity index (χ4n) is 3.51. The SMILES string of the molecule is O=C(OCCCCCOC(=O)c1ccc2ccccc2c1)c1ccc2ccccc2c1. The molecule has 156 valence electrons. The smallest absolute Gasteiger partial charge is 0.338 e. The van der Waals surface area contributed by atoms with Crippen molar-refractivity contribution in [2.24, 2.45) is 0 Å². The van der Waals surface area contributed by atoms with Crippen LogP contribution in [-0.2, 0) is 9.47 Å². The molecule has 4 nitrogen and oxygen atoms in total. The molecule has 0 saturated carbocycles. The lowest BCUT2D eigenvalue weighted by molar-refractivity contribution is 0.0478. The van der Waals surface area contributed by atoms with E-state index < -0.39 is 0 Å². The Bertz CT molecular complexity index is 1120. The molecule has 0 N–H and O–H groups in total. The van der Waals surface area contributed by atoms with Gasteiger partial charge in [0, 0.05) is 0 Å². The minimum Gasteiger partial charge on any atom is -0.462 e. The number of hydrogen-bond donors (Lipinski definition) is 0. The Balaban J connectivity index is 1.15. The first kappa shape index (κ1) is 20.6. The van der Waals surface area contributed by atoms with Crippen molar-refractivity contribution in [3.05, 3.63) is 96.1 Å². The first-order valence-electron chi connectivity index (χ1n) is 10.5. The summed E-state index contributed by atoms with van der Waals surface area (Å²) in [6.07, 6.45) is 2.27. The molecule has 0 radical (unpaired) electrons. The molecule has 0 bridgehead atoms. The van der Waals surface area contributed by atoms with E-state index in [4.69, 9.17) is 9.47 Å². The van der Waals surface area contributed by atoms with Gasteiger partial charge < -0.3 is 9.47 Å². The van der Waals surface area contributed by atoms with Gasteiger partial charge in [-0.1, -0.05) is 60.7 Å². The van der Waals surface area contributed by atoms with Gasteiger partial charge in [0.1, 0.15) is 0 Å². The van der Waals surface area contributed by atoms with Gasteiger partial charge in [0.2, 0.25) is 0 Å². The molecule has 0 aliphatic heterocycles. The van der Waals surface area contributed by atoms with Crippen LogP contribution in [0.3, 0.4) is 0 Å². The quantitative estimate of drug-likeness (QED) is 0.256. The van der Waals surface area contributed by atoms with Crippen molar-refractivity contribution in [1.82, 2.24) is 0 Å². The fraction of sp³-hybridized carbons (Fsp3) is 0.185. The predicted molar refractivity (Wildman–Crippen MR) is 122 cm³/mol. The third-order valence-corrected chi connectivity index (χ3v) is 5.23. The first-order valence-corrected chi connectivity index (χ1v) is 10.5. The van der Waals surface area contributed by atoms with E-state index >= 15 is 0 Å². The molecule has 4 aromatic rings. The van der Waals surface area contributed by atoms with Crippen LogP contribution in [0.2, 0.25) is 0 Å². The number of rotatable bonds is 8. The molecule has 0 unspecified atom stereocenters. The maximum atomic E-state index is 12.2. The van der Waals surface area contributed by atoms with E-state index in [1.54, 1.807) is 12.1 Å². The monoisotopic (exact) mass is 412 g/mol. The largest absolute Gasteiger partial charge is 0.462 e. The zero-order chi connectivity index (χ0) is 21.5. The zero-order valence-corrected chi connectivity index (χ0v) is 17.3. The molecular formula is C27H24O4. The summed E-state index contributed by atoms with van der Waals surface area (Å²) < 4.78 is 10.7. The molecule has 0 atom stereocenters. The minimum atomic E-state index is -0.312. The molecule has 0 aliphatic rings. The maximum Gasteiger partial charge on any atom is 0.338 e. The average molecular weight is 412 g/mol. The minimum absolute atomic E-state index is 0.312. The fourth-order valence-corrected chi connectivity index (χ4v) is 3.51. The van der Waals surface area contributed by atoms with Gasteiger partial charge in [0.25, 0.3) is 0 Å². The molecule has 0 heterocycles. The second-order valence-corrected chi connectivity index (χ2v) is 7.46. The van der Waals surface area contributed by atoms with E-state index in [1.165, 1.54) is 0 Å². The number of carbonyl (C=O) groups excluding carboxylic acids is 2. The van der Waals surface area contributed by atoms with Gasteiger partial charge in [-0.05, 0) is 65.1 Å². The number of esters is 2. The lowest BCUT2D eigenvalue weighted by atomic mass is 10.1. The summed E-state index contributed by atoms with van der Waals surface area (Å²) in [6, 6.07) is 27.0. The van der Waals surface area contributed by atoms with Gasteiger partial charge in [-0.25, -0.2) is 9.59 Å². The number of benzene rings is 4. The third-order valence-electron chi connectivity index (χ3n) is 5.23. The molecule has 0 fully saturated rings. The molecule has 0 amide bonds. The Labute approximate surface area is 181 Å². The van der Waals surface area contributed by atoms with Crippen LogP contribution < -0.4 is 0 Å². The van der Waals surface area contributed by atoms with E-state index in [0.717, 1.165) is 40.8 Å². The number of ether oxygens (including phenoxy) is 2. The van der Waals surface area contributed by atoms with Gasteiger partial charge in [-0.2, -0.15) is 0 Å². The van der Waals surface area contributed by atoms with Gasteiger partial charge in [-0.3, -0.25) is 0 Å². The molecular weight excluding hydrogens is 388 g/mol. The zero-order valence-electron chi connectivity index (χ0n) is 17.3. The van der Waals surface area contributed by atoms with Gasteiger partial charge in [0.15, 0.2) is 0 Å². The van der Waals surface area contributed by atoms with Crippen LogP contribution in [0.5, 0.6) is 0 Å². The maximum absolute atomic E-state index is 12.2. The van der Waals surface area contributed by atoms with Gasteiger partial charge in [-0.15, -0.1) is 0 Å². The van der Waals surface area contributed by atoms with E-state index in [2.05, 4.69) is 0 Å². The number of hydrogen-bond acceptors (Lipinski definition) is 4. The highest BCUT2D eigenvalue weighted by Crippen LogP contribution is 2.17. The van der Waals surface area contributed by atoms with Crippen molar-refractivity contribution >= 4 is 33.5 Å². The van der Waals surface area contributed by atoms with Crippen molar-refractivity contribution in [2.75, 3.05) is 13.2 Å². The van der Waals surface area contributed by atoms with Crippen LogP contribution in [0.15, 0.2) is 84.9 Å². The Hall–Kier alpha value is -3.66. The Morgan fingerprint density at radius 3 is 1.39 bits per heavy atom. The molecule has 4 aromatic carbocycles. The summed E-state index contributed by atoms with van der Waals surface area (Å²) in [4.78, 5) is 24.5. The molecule has 4 heteroatoms. The predicted octanol–water partition coefficient (Wildman–Crippen LogP) is 6.18. The van der Waals surface area contributed by atoms with E-state index in [-0.39, 0.29) is 11.9 Å². The summed E-state index contributed by atoms with van der Waals surface area (Å²) in [6.45, 7) is 0.703. The Morgan fingerprint density at radius 1 is 0.516 bits per heavy atom. The van der Waals surface area contributed by atoms with Crippen molar-refractivity contribution in [1.29, 1.82) is 0 Å². The highest BCUT2D eigenvalue weighted by Gasteiger charge is 2.09. The van der Waals surface area contributed by atoms with Gasteiger partial charge >= 0.3 is 11.9 Å². The third kappa shape index (κ3) is 5.28. The number of unbranched alkanes of at least 4 members (excludes halogenated alkanes) is 2. The molecule has 0 aromatic heterocycles. The topological polar surface area (TPSA) is 52.6 Å². The summed E-state index contributed by atoms with van der Waals surface area (Å²) in [5, 5.41) is 4.23. The Kier molecular flexibility index (Phi) is 6.58. The van der Waals surface area contributed by atoms with E-state index in [9.17, 15) is 9.59 Å². The van der Waals surface area contributed by atoms with Gasteiger partial charge in [0.05, 0.1) is 24.3 Å². The average Bonchev–Trinajstić information content (AvgIpc) is 2.82. The lowest BCUT2D eigenvalue weighted by Gasteiger charge is -2.07. The second kappa shape index (κ2) is 9.90. The highest BCUT2D eigenvalue weighted by molar-refractivity contribution is 5.96. The summed E-state index contributed by atoms with van der Waals surface area (Å²) >= 11 is 0. The van der Waals surface area contributed by atoms with Crippen molar-refractivity contribution < 1.29 is 19.1 Å². The van der Waals surface area contributed by atoms with E-state index in [0.29, 0.717) is 24.3 Å². The van der Waals surface area contributed by atoms with Crippen LogP contribution >= 0.6 is 0 Å². The van der Waals surface area contributed by atoms with Crippen LogP contribution in [0, 0.1) is 0 Å².